The summed E-state index contributed by atoms with van der Waals surface area (Å²) in [6, 6.07) is 3.91. The maximum Gasteiger partial charge on any atom is 0.254 e. The molecule has 0 saturated carbocycles. The van der Waals surface area contributed by atoms with Gasteiger partial charge in [0.2, 0.25) is 5.91 Å². The van der Waals surface area contributed by atoms with E-state index in [1.165, 1.54) is 12.4 Å². The van der Waals surface area contributed by atoms with Crippen LogP contribution in [0.15, 0.2) is 37.3 Å². The van der Waals surface area contributed by atoms with Gasteiger partial charge in [-0.3, -0.25) is 14.7 Å². The molecule has 4 heterocycles. The van der Waals surface area contributed by atoms with Crippen molar-refractivity contribution in [3.63, 3.8) is 0 Å². The monoisotopic (exact) mass is 417 g/mol. The zero-order valence-corrected chi connectivity index (χ0v) is 17.3. The molecule has 158 valence electrons. The SMILES string of the molecule is C=CC(=O)N1CC2(CCN(c3ncnc(-c4c(C)ccc5[nH]ncc45)c3C(N)=O)C2)C1. The summed E-state index contributed by atoms with van der Waals surface area (Å²) in [5, 5.41) is 7.97. The predicted octanol–water partition coefficient (Wildman–Crippen LogP) is 1.65. The molecule has 5 rings (SSSR count). The van der Waals surface area contributed by atoms with Crippen molar-refractivity contribution in [1.29, 1.82) is 0 Å². The summed E-state index contributed by atoms with van der Waals surface area (Å²) in [6.45, 7) is 8.35. The molecule has 2 aromatic heterocycles. The summed E-state index contributed by atoms with van der Waals surface area (Å²) < 4.78 is 0. The molecule has 1 spiro atoms. The van der Waals surface area contributed by atoms with Crippen LogP contribution in [-0.2, 0) is 4.79 Å². The Hall–Kier alpha value is -3.75. The first-order valence-electron chi connectivity index (χ1n) is 10.2. The van der Waals surface area contributed by atoms with Crippen molar-refractivity contribution in [2.75, 3.05) is 31.1 Å². The second-order valence-corrected chi connectivity index (χ2v) is 8.44. The van der Waals surface area contributed by atoms with E-state index in [1.54, 1.807) is 11.1 Å². The Bertz CT molecular complexity index is 1230. The van der Waals surface area contributed by atoms with Gasteiger partial charge in [0.25, 0.3) is 5.91 Å². The molecule has 0 radical (unpaired) electrons. The number of nitrogens with one attached hydrogen (secondary N) is 1. The van der Waals surface area contributed by atoms with E-state index >= 15 is 0 Å². The summed E-state index contributed by atoms with van der Waals surface area (Å²) in [5.74, 6) is -0.0683. The van der Waals surface area contributed by atoms with Gasteiger partial charge in [-0.05, 0) is 31.1 Å². The Kier molecular flexibility index (Phi) is 4.28. The highest BCUT2D eigenvalue weighted by Crippen LogP contribution is 2.42. The molecule has 9 nitrogen and oxygen atoms in total. The van der Waals surface area contributed by atoms with Crippen LogP contribution in [0.4, 0.5) is 5.82 Å². The number of anilines is 1. The molecule has 1 aromatic carbocycles. The van der Waals surface area contributed by atoms with Crippen LogP contribution >= 0.6 is 0 Å². The number of rotatable bonds is 4. The number of hydrogen-bond donors (Lipinski definition) is 2. The van der Waals surface area contributed by atoms with Gasteiger partial charge in [-0.1, -0.05) is 12.6 Å². The van der Waals surface area contributed by atoms with Gasteiger partial charge in [0.05, 0.1) is 17.4 Å². The van der Waals surface area contributed by atoms with Crippen LogP contribution in [0.5, 0.6) is 0 Å². The van der Waals surface area contributed by atoms with Crippen LogP contribution in [0, 0.1) is 12.3 Å². The third kappa shape index (κ3) is 2.96. The third-order valence-corrected chi connectivity index (χ3v) is 6.42. The number of hydrogen-bond acceptors (Lipinski definition) is 6. The molecular formula is C22H23N7O2. The zero-order chi connectivity index (χ0) is 21.8. The molecule has 2 saturated heterocycles. The number of amides is 2. The molecule has 0 unspecified atom stereocenters. The number of aryl methyl sites for hydroxylation is 1. The lowest BCUT2D eigenvalue weighted by Crippen LogP contribution is -2.59. The van der Waals surface area contributed by atoms with Gasteiger partial charge >= 0.3 is 0 Å². The molecule has 0 bridgehead atoms. The van der Waals surface area contributed by atoms with Crippen LogP contribution in [0.25, 0.3) is 22.2 Å². The lowest BCUT2D eigenvalue weighted by molar-refractivity contribution is -0.136. The fourth-order valence-electron chi connectivity index (χ4n) is 4.90. The van der Waals surface area contributed by atoms with E-state index in [2.05, 4.69) is 31.6 Å². The minimum Gasteiger partial charge on any atom is -0.365 e. The molecule has 2 aliphatic heterocycles. The number of aromatic amines is 1. The number of H-pyrrole nitrogens is 1. The van der Waals surface area contributed by atoms with Crippen molar-refractivity contribution in [3.05, 3.63) is 48.4 Å². The van der Waals surface area contributed by atoms with Crippen molar-refractivity contribution >= 4 is 28.5 Å². The second-order valence-electron chi connectivity index (χ2n) is 8.44. The summed E-state index contributed by atoms with van der Waals surface area (Å²) in [6.07, 6.45) is 5.48. The quantitative estimate of drug-likeness (QED) is 0.623. The smallest absolute Gasteiger partial charge is 0.254 e. The van der Waals surface area contributed by atoms with E-state index in [0.29, 0.717) is 36.7 Å². The van der Waals surface area contributed by atoms with Crippen LogP contribution in [0.1, 0.15) is 22.3 Å². The van der Waals surface area contributed by atoms with Gasteiger partial charge in [0, 0.05) is 42.5 Å². The highest BCUT2D eigenvalue weighted by molar-refractivity contribution is 6.07. The van der Waals surface area contributed by atoms with Crippen LogP contribution in [0.3, 0.4) is 0 Å². The first kappa shape index (κ1) is 19.2. The number of primary amides is 1. The van der Waals surface area contributed by atoms with Crippen LogP contribution in [-0.4, -0.2) is 63.1 Å². The number of fused-ring (bicyclic) bond motifs is 1. The number of carbonyl (C=O) groups is 2. The Balaban J connectivity index is 1.54. The van der Waals surface area contributed by atoms with E-state index in [9.17, 15) is 9.59 Å². The Morgan fingerprint density at radius 1 is 1.26 bits per heavy atom. The number of benzene rings is 1. The van der Waals surface area contributed by atoms with Gasteiger partial charge in [0.1, 0.15) is 17.7 Å². The van der Waals surface area contributed by atoms with E-state index < -0.39 is 5.91 Å². The van der Waals surface area contributed by atoms with E-state index in [4.69, 9.17) is 5.73 Å². The number of aromatic nitrogens is 4. The minimum atomic E-state index is -0.566. The molecule has 31 heavy (non-hydrogen) atoms. The lowest BCUT2D eigenvalue weighted by atomic mass is 9.79. The third-order valence-electron chi connectivity index (χ3n) is 6.42. The highest BCUT2D eigenvalue weighted by Gasteiger charge is 2.49. The number of nitrogens with two attached hydrogens (primary N) is 1. The van der Waals surface area contributed by atoms with Crippen molar-refractivity contribution in [3.8, 4) is 11.3 Å². The van der Waals surface area contributed by atoms with Gasteiger partial charge in [-0.25, -0.2) is 9.97 Å². The first-order chi connectivity index (χ1) is 14.9. The lowest BCUT2D eigenvalue weighted by Gasteiger charge is -2.47. The van der Waals surface area contributed by atoms with Crippen molar-refractivity contribution in [2.24, 2.45) is 11.1 Å². The summed E-state index contributed by atoms with van der Waals surface area (Å²) in [4.78, 5) is 37.3. The average Bonchev–Trinajstić information content (AvgIpc) is 3.39. The normalized spacial score (nSPS) is 17.2. The number of likely N-dealkylation sites (tertiary alicyclic amines) is 1. The van der Waals surface area contributed by atoms with Crippen molar-refractivity contribution < 1.29 is 9.59 Å². The topological polar surface area (TPSA) is 121 Å². The molecule has 3 N–H and O–H groups in total. The molecule has 0 aliphatic carbocycles. The molecule has 2 aliphatic rings. The van der Waals surface area contributed by atoms with E-state index in [0.717, 1.165) is 35.0 Å². The van der Waals surface area contributed by atoms with Gasteiger partial charge < -0.3 is 15.5 Å². The molecule has 2 amide bonds. The second kappa shape index (κ2) is 6.90. The maximum absolute atomic E-state index is 12.6. The van der Waals surface area contributed by atoms with Crippen LogP contribution in [0.2, 0.25) is 0 Å². The average molecular weight is 417 g/mol. The van der Waals surface area contributed by atoms with Crippen LogP contribution < -0.4 is 10.6 Å². The summed E-state index contributed by atoms with van der Waals surface area (Å²) in [5.41, 5.74) is 9.34. The predicted molar refractivity (Wildman–Crippen MR) is 116 cm³/mol. The van der Waals surface area contributed by atoms with Crippen molar-refractivity contribution in [1.82, 2.24) is 25.1 Å². The Morgan fingerprint density at radius 3 is 2.81 bits per heavy atom. The Morgan fingerprint density at radius 2 is 2.06 bits per heavy atom. The fourth-order valence-corrected chi connectivity index (χ4v) is 4.90. The first-order valence-corrected chi connectivity index (χ1v) is 10.2. The summed E-state index contributed by atoms with van der Waals surface area (Å²) in [7, 11) is 0. The van der Waals surface area contributed by atoms with Gasteiger partial charge in [-0.15, -0.1) is 0 Å². The minimum absolute atomic E-state index is 0.0131. The fraction of sp³-hybridized carbons (Fsp3) is 0.318. The van der Waals surface area contributed by atoms with E-state index in [1.807, 2.05) is 19.1 Å². The van der Waals surface area contributed by atoms with E-state index in [-0.39, 0.29) is 11.3 Å². The molecule has 2 fully saturated rings. The van der Waals surface area contributed by atoms with Crippen molar-refractivity contribution in [2.45, 2.75) is 13.3 Å². The highest BCUT2D eigenvalue weighted by atomic mass is 16.2. The number of carbonyl (C=O) groups excluding carboxylic acids is 2. The largest absolute Gasteiger partial charge is 0.365 e. The molecule has 0 atom stereocenters. The van der Waals surface area contributed by atoms with Gasteiger partial charge in [-0.2, -0.15) is 5.10 Å². The number of nitrogens with zero attached hydrogens (tertiary/aromatic N) is 5. The molecule has 3 aromatic rings. The molecular weight excluding hydrogens is 394 g/mol. The maximum atomic E-state index is 12.6. The molecule has 9 heteroatoms. The van der Waals surface area contributed by atoms with Gasteiger partial charge in [0.15, 0.2) is 0 Å². The standard InChI is InChI=1S/C22H23N7O2/c1-3-16(30)29-10-22(11-29)6-7-28(9-22)21-18(20(23)31)19(24-12-25-21)17-13(2)4-5-15-14(17)8-26-27-15/h3-5,8,12H,1,6-7,9-11H2,2H3,(H2,23,31)(H,26,27). The Labute approximate surface area is 179 Å². The zero-order valence-electron chi connectivity index (χ0n) is 17.3. The summed E-state index contributed by atoms with van der Waals surface area (Å²) >= 11 is 0.